The van der Waals surface area contributed by atoms with Gasteiger partial charge in [-0.25, -0.2) is 0 Å². The van der Waals surface area contributed by atoms with Crippen molar-refractivity contribution in [3.05, 3.63) is 35.4 Å². The number of nitrogens with one attached hydrogen (secondary N) is 1. The predicted octanol–water partition coefficient (Wildman–Crippen LogP) is 3.61. The second-order valence-corrected chi connectivity index (χ2v) is 5.94. The molecule has 0 aromatic heterocycles. The number of benzene rings is 1. The third-order valence-electron chi connectivity index (χ3n) is 3.85. The monoisotopic (exact) mass is 327 g/mol. The lowest BCUT2D eigenvalue weighted by atomic mass is 9.94. The maximum atomic E-state index is 12.9. The van der Waals surface area contributed by atoms with Gasteiger partial charge in [-0.3, -0.25) is 4.79 Å². The van der Waals surface area contributed by atoms with Crippen LogP contribution >= 0.6 is 0 Å². The van der Waals surface area contributed by atoms with E-state index >= 15 is 0 Å². The first kappa shape index (κ1) is 17.6. The molecule has 2 rings (SSSR count). The molecule has 23 heavy (non-hydrogen) atoms. The molecule has 0 fully saturated rings. The smallest absolute Gasteiger partial charge is 0.307 e. The molecular formula is C16H20F3N3O. The van der Waals surface area contributed by atoms with Crippen molar-refractivity contribution in [3.8, 4) is 0 Å². The number of hydrogen-bond acceptors (Lipinski definition) is 4. The first-order valence-electron chi connectivity index (χ1n) is 7.58. The van der Waals surface area contributed by atoms with Gasteiger partial charge in [0.2, 0.25) is 0 Å². The first-order valence-corrected chi connectivity index (χ1v) is 7.58. The van der Waals surface area contributed by atoms with Gasteiger partial charge in [0.25, 0.3) is 0 Å². The van der Waals surface area contributed by atoms with Crippen molar-refractivity contribution >= 4 is 5.78 Å². The maximum absolute atomic E-state index is 12.9. The third kappa shape index (κ3) is 3.60. The molecule has 0 aliphatic carbocycles. The fraction of sp³-hybridized carbons (Fsp3) is 0.562. The Morgan fingerprint density at radius 1 is 1.22 bits per heavy atom. The van der Waals surface area contributed by atoms with Crippen LogP contribution in [0.3, 0.4) is 0 Å². The first-order chi connectivity index (χ1) is 10.7. The zero-order valence-electron chi connectivity index (χ0n) is 13.3. The molecule has 1 aliphatic rings. The normalized spacial score (nSPS) is 17.3. The lowest BCUT2D eigenvalue weighted by molar-refractivity contribution is -0.166. The molecule has 1 unspecified atom stereocenters. The molecule has 1 heterocycles. The van der Waals surface area contributed by atoms with Gasteiger partial charge in [0, 0.05) is 11.5 Å². The molecule has 0 amide bonds. The Balaban J connectivity index is 2.12. The fourth-order valence-corrected chi connectivity index (χ4v) is 2.47. The number of carbonyl (C=O) groups is 1. The van der Waals surface area contributed by atoms with Crippen LogP contribution in [0.2, 0.25) is 0 Å². The zero-order chi connectivity index (χ0) is 17.3. The fourth-order valence-electron chi connectivity index (χ4n) is 2.47. The summed E-state index contributed by atoms with van der Waals surface area (Å²) in [5, 5.41) is 9.49. The van der Waals surface area contributed by atoms with E-state index in [1.807, 2.05) is 20.8 Å². The van der Waals surface area contributed by atoms with E-state index in [0.717, 1.165) is 5.56 Å². The maximum Gasteiger partial charge on any atom is 0.442 e. The molecule has 1 aromatic carbocycles. The van der Waals surface area contributed by atoms with E-state index in [1.165, 1.54) is 12.1 Å². The van der Waals surface area contributed by atoms with Gasteiger partial charge in [-0.1, -0.05) is 45.0 Å². The van der Waals surface area contributed by atoms with E-state index in [4.69, 9.17) is 0 Å². The van der Waals surface area contributed by atoms with Gasteiger partial charge in [-0.05, 0) is 18.5 Å². The quantitative estimate of drug-likeness (QED) is 0.832. The van der Waals surface area contributed by atoms with Crippen molar-refractivity contribution < 1.29 is 18.0 Å². The number of ketones is 1. The van der Waals surface area contributed by atoms with Crippen LogP contribution in [0.25, 0.3) is 0 Å². The Hall–Kier alpha value is -1.76. The van der Waals surface area contributed by atoms with Crippen LogP contribution < -0.4 is 5.32 Å². The highest BCUT2D eigenvalue weighted by atomic mass is 19.4. The van der Waals surface area contributed by atoms with Crippen molar-refractivity contribution in [2.24, 2.45) is 16.1 Å². The molecule has 7 heteroatoms. The molecule has 1 aromatic rings. The summed E-state index contributed by atoms with van der Waals surface area (Å²) >= 11 is 0. The minimum Gasteiger partial charge on any atom is -0.307 e. The minimum absolute atomic E-state index is 0.00365. The van der Waals surface area contributed by atoms with Gasteiger partial charge in [0.15, 0.2) is 5.78 Å². The van der Waals surface area contributed by atoms with E-state index in [9.17, 15) is 18.0 Å². The predicted molar refractivity (Wildman–Crippen MR) is 80.0 cm³/mol. The minimum atomic E-state index is -4.52. The highest BCUT2D eigenvalue weighted by molar-refractivity contribution is 5.86. The van der Waals surface area contributed by atoms with Gasteiger partial charge in [-0.15, -0.1) is 10.2 Å². The van der Waals surface area contributed by atoms with Crippen molar-refractivity contribution in [1.29, 1.82) is 0 Å². The van der Waals surface area contributed by atoms with E-state index in [-0.39, 0.29) is 23.3 Å². The van der Waals surface area contributed by atoms with Crippen LogP contribution in [0.5, 0.6) is 0 Å². The molecule has 0 saturated heterocycles. The van der Waals surface area contributed by atoms with E-state index in [2.05, 4.69) is 15.5 Å². The van der Waals surface area contributed by atoms with Crippen molar-refractivity contribution in [2.75, 3.05) is 6.54 Å². The summed E-state index contributed by atoms with van der Waals surface area (Å²) in [4.78, 5) is 12.2. The number of likely N-dealkylation sites (N-methyl/N-ethyl adjacent to an activating group) is 1. The number of alkyl halides is 3. The molecule has 0 spiro atoms. The van der Waals surface area contributed by atoms with Gasteiger partial charge < -0.3 is 5.32 Å². The number of nitrogens with zero attached hydrogens (tertiary/aromatic N) is 2. The summed E-state index contributed by atoms with van der Waals surface area (Å²) in [6.45, 7) is 6.22. The SMILES string of the molecule is CCNC(Cc1ccc(C2(C(F)(F)F)N=N2)cc1)C(=O)C(C)C. The largest absolute Gasteiger partial charge is 0.442 e. The summed E-state index contributed by atoms with van der Waals surface area (Å²) in [7, 11) is 0. The Morgan fingerprint density at radius 2 is 1.78 bits per heavy atom. The Morgan fingerprint density at radius 3 is 2.17 bits per heavy atom. The lowest BCUT2D eigenvalue weighted by Gasteiger charge is -2.19. The molecule has 1 N–H and O–H groups in total. The molecular weight excluding hydrogens is 307 g/mol. The van der Waals surface area contributed by atoms with Gasteiger partial charge in [0.1, 0.15) is 0 Å². The molecule has 4 nitrogen and oxygen atoms in total. The summed E-state index contributed by atoms with van der Waals surface area (Å²) in [5.74, 6) is -0.00855. The summed E-state index contributed by atoms with van der Waals surface area (Å²) in [5.41, 5.74) is -1.59. The van der Waals surface area contributed by atoms with Gasteiger partial charge in [0.05, 0.1) is 6.04 Å². The van der Waals surface area contributed by atoms with Crippen LogP contribution in [-0.4, -0.2) is 24.5 Å². The number of halogens is 3. The lowest BCUT2D eigenvalue weighted by Crippen LogP contribution is -2.40. The summed E-state index contributed by atoms with van der Waals surface area (Å²) in [6.07, 6.45) is -4.08. The van der Waals surface area contributed by atoms with Crippen LogP contribution in [0.4, 0.5) is 13.2 Å². The Kier molecular flexibility index (Phi) is 4.89. The van der Waals surface area contributed by atoms with Crippen LogP contribution in [0, 0.1) is 5.92 Å². The topological polar surface area (TPSA) is 53.8 Å². The number of Topliss-reactive ketones (excluding diaryl/α,β-unsaturated/α-hetero) is 1. The molecule has 1 aliphatic heterocycles. The summed E-state index contributed by atoms with van der Waals surface area (Å²) < 4.78 is 38.8. The Bertz CT molecular complexity index is 588. The number of hydrogen-bond donors (Lipinski definition) is 1. The van der Waals surface area contributed by atoms with Gasteiger partial charge >= 0.3 is 11.8 Å². The molecule has 126 valence electrons. The third-order valence-corrected chi connectivity index (χ3v) is 3.85. The average Bonchev–Trinajstić information content (AvgIpc) is 3.28. The average molecular weight is 327 g/mol. The number of rotatable bonds is 7. The standard InChI is InChI=1S/C16H20F3N3O/c1-4-20-13(14(23)10(2)3)9-11-5-7-12(8-6-11)15(21-22-15)16(17,18)19/h5-8,10,13,20H,4,9H2,1-3H3. The van der Waals surface area contributed by atoms with Gasteiger partial charge in [-0.2, -0.15) is 13.2 Å². The molecule has 0 bridgehead atoms. The van der Waals surface area contributed by atoms with Crippen LogP contribution in [0.1, 0.15) is 31.9 Å². The van der Waals surface area contributed by atoms with Crippen LogP contribution in [0.15, 0.2) is 34.5 Å². The highest BCUT2D eigenvalue weighted by Crippen LogP contribution is 2.52. The van der Waals surface area contributed by atoms with E-state index < -0.39 is 11.8 Å². The van der Waals surface area contributed by atoms with Crippen molar-refractivity contribution in [1.82, 2.24) is 5.32 Å². The van der Waals surface area contributed by atoms with E-state index in [1.54, 1.807) is 12.1 Å². The Labute approximate surface area is 133 Å². The molecule has 1 atom stereocenters. The van der Waals surface area contributed by atoms with Crippen molar-refractivity contribution in [2.45, 2.75) is 45.1 Å². The second kappa shape index (κ2) is 6.39. The summed E-state index contributed by atoms with van der Waals surface area (Å²) in [6, 6.07) is 5.63. The highest BCUT2D eigenvalue weighted by Gasteiger charge is 2.65. The van der Waals surface area contributed by atoms with Crippen molar-refractivity contribution in [3.63, 3.8) is 0 Å². The molecule has 0 saturated carbocycles. The molecule has 0 radical (unpaired) electrons. The number of carbonyl (C=O) groups excluding carboxylic acids is 1. The van der Waals surface area contributed by atoms with E-state index in [0.29, 0.717) is 13.0 Å². The van der Waals surface area contributed by atoms with Crippen LogP contribution in [-0.2, 0) is 16.9 Å². The second-order valence-electron chi connectivity index (χ2n) is 5.94. The zero-order valence-corrected chi connectivity index (χ0v) is 13.3.